The second-order valence-electron chi connectivity index (χ2n) is 13.1. The summed E-state index contributed by atoms with van der Waals surface area (Å²) >= 11 is 1.85. The number of nitrogens with zero attached hydrogens (tertiary/aromatic N) is 1. The van der Waals surface area contributed by atoms with E-state index in [-0.39, 0.29) is 0 Å². The van der Waals surface area contributed by atoms with Gasteiger partial charge in [0.1, 0.15) is 11.2 Å². The van der Waals surface area contributed by atoms with Crippen molar-refractivity contribution in [3.05, 3.63) is 188 Å². The molecule has 8 aromatic carbocycles. The molecule has 0 fully saturated rings. The molecule has 0 aliphatic heterocycles. The smallest absolute Gasteiger partial charge is 0.136 e. The van der Waals surface area contributed by atoms with Gasteiger partial charge in [0.2, 0.25) is 0 Å². The van der Waals surface area contributed by atoms with Gasteiger partial charge in [0.25, 0.3) is 0 Å². The molecule has 0 saturated carbocycles. The van der Waals surface area contributed by atoms with E-state index in [1.165, 1.54) is 20.2 Å². The van der Waals surface area contributed by atoms with Crippen molar-refractivity contribution in [3.8, 4) is 22.3 Å². The quantitative estimate of drug-likeness (QED) is 0.181. The fourth-order valence-corrected chi connectivity index (χ4v) is 8.44. The molecule has 0 bridgehead atoms. The molecule has 3 nitrogen and oxygen atoms in total. The first kappa shape index (κ1) is 30.2. The second-order valence-corrected chi connectivity index (χ2v) is 14.1. The fraction of sp³-hybridized carbons (Fsp3) is 0. The van der Waals surface area contributed by atoms with Crippen molar-refractivity contribution >= 4 is 81.9 Å². The summed E-state index contributed by atoms with van der Waals surface area (Å²) in [5, 5.41) is 8.34. The number of thiophene rings is 1. The van der Waals surface area contributed by atoms with Gasteiger partial charge in [0.15, 0.2) is 0 Å². The van der Waals surface area contributed by atoms with Crippen molar-refractivity contribution in [2.24, 2.45) is 0 Å². The van der Waals surface area contributed by atoms with E-state index >= 15 is 0 Å². The van der Waals surface area contributed by atoms with Gasteiger partial charge in [-0.1, -0.05) is 97.1 Å². The SMILES string of the molecule is c1ccc(Nc2ccc(-c3cc(-c4ccc(N(c5ccccc5)c5ccc6sc7ccccc7c6c5)cc4)cc4oc5ccccc5c34)cc2)cc1. The molecule has 2 aromatic heterocycles. The fourth-order valence-electron chi connectivity index (χ4n) is 7.35. The van der Waals surface area contributed by atoms with E-state index in [0.717, 1.165) is 72.6 Å². The van der Waals surface area contributed by atoms with Crippen LogP contribution in [0.1, 0.15) is 0 Å². The minimum atomic E-state index is 0.881. The first-order valence-corrected chi connectivity index (χ1v) is 18.3. The van der Waals surface area contributed by atoms with Crippen molar-refractivity contribution < 1.29 is 4.42 Å². The highest BCUT2D eigenvalue weighted by Gasteiger charge is 2.18. The molecule has 10 aromatic rings. The van der Waals surface area contributed by atoms with Crippen LogP contribution in [0, 0.1) is 0 Å². The minimum Gasteiger partial charge on any atom is -0.456 e. The second kappa shape index (κ2) is 12.6. The number of furan rings is 1. The lowest BCUT2D eigenvalue weighted by Crippen LogP contribution is -2.09. The van der Waals surface area contributed by atoms with Crippen LogP contribution in [0.25, 0.3) is 64.4 Å². The molecule has 1 N–H and O–H groups in total. The normalized spacial score (nSPS) is 11.5. The number of rotatable bonds is 7. The van der Waals surface area contributed by atoms with Crippen LogP contribution in [-0.2, 0) is 0 Å². The highest BCUT2D eigenvalue weighted by atomic mass is 32.1. The standard InChI is InChI=1S/C48H32N2OS/c1-3-11-35(12-4-1)49-36-23-19-33(20-24-36)42-29-34(30-45-48(42)41-16-7-9-17-44(41)51-45)32-21-25-38(26-22-32)50(37-13-5-2-6-14-37)39-27-28-47-43(31-39)40-15-8-10-18-46(40)52-47/h1-31,49H. The van der Waals surface area contributed by atoms with Gasteiger partial charge in [-0.3, -0.25) is 0 Å². The summed E-state index contributed by atoms with van der Waals surface area (Å²) in [6, 6.07) is 66.8. The summed E-state index contributed by atoms with van der Waals surface area (Å²) in [6.07, 6.45) is 0. The Morgan fingerprint density at radius 1 is 0.404 bits per heavy atom. The zero-order valence-corrected chi connectivity index (χ0v) is 29.0. The Hall–Kier alpha value is -6.62. The van der Waals surface area contributed by atoms with Crippen LogP contribution in [0.2, 0.25) is 0 Å². The van der Waals surface area contributed by atoms with Crippen LogP contribution in [0.3, 0.4) is 0 Å². The molecule has 0 atom stereocenters. The lowest BCUT2D eigenvalue weighted by atomic mass is 9.94. The van der Waals surface area contributed by atoms with Gasteiger partial charge in [0.05, 0.1) is 0 Å². The Bertz CT molecular complexity index is 2860. The van der Waals surface area contributed by atoms with Gasteiger partial charge in [-0.2, -0.15) is 0 Å². The van der Waals surface area contributed by atoms with Crippen LogP contribution in [0.15, 0.2) is 192 Å². The summed E-state index contributed by atoms with van der Waals surface area (Å²) in [6.45, 7) is 0. The molecule has 4 heteroatoms. The van der Waals surface area contributed by atoms with Crippen LogP contribution in [-0.4, -0.2) is 0 Å². The molecule has 0 aliphatic rings. The summed E-state index contributed by atoms with van der Waals surface area (Å²) in [5.74, 6) is 0. The lowest BCUT2D eigenvalue weighted by Gasteiger charge is -2.26. The van der Waals surface area contributed by atoms with Crippen LogP contribution in [0.4, 0.5) is 28.4 Å². The zero-order chi connectivity index (χ0) is 34.4. The molecule has 52 heavy (non-hydrogen) atoms. The first-order chi connectivity index (χ1) is 25.7. The van der Waals surface area contributed by atoms with Gasteiger partial charge >= 0.3 is 0 Å². The summed E-state index contributed by atoms with van der Waals surface area (Å²) in [5.41, 5.74) is 11.7. The van der Waals surface area contributed by atoms with E-state index in [9.17, 15) is 0 Å². The predicted octanol–water partition coefficient (Wildman–Crippen LogP) is 14.5. The van der Waals surface area contributed by atoms with Gasteiger partial charge in [-0.15, -0.1) is 11.3 Å². The maximum Gasteiger partial charge on any atom is 0.136 e. The maximum atomic E-state index is 6.50. The Kier molecular flexibility index (Phi) is 7.33. The lowest BCUT2D eigenvalue weighted by molar-refractivity contribution is 0.669. The van der Waals surface area contributed by atoms with E-state index < -0.39 is 0 Å². The Morgan fingerprint density at radius 2 is 1.02 bits per heavy atom. The summed E-state index contributed by atoms with van der Waals surface area (Å²) < 4.78 is 9.11. The molecule has 0 unspecified atom stereocenters. The van der Waals surface area contributed by atoms with Crippen molar-refractivity contribution in [1.82, 2.24) is 0 Å². The molecule has 0 amide bonds. The summed E-state index contributed by atoms with van der Waals surface area (Å²) in [4.78, 5) is 2.34. The largest absolute Gasteiger partial charge is 0.456 e. The number of hydrogen-bond donors (Lipinski definition) is 1. The molecular weight excluding hydrogens is 653 g/mol. The third kappa shape index (κ3) is 5.38. The third-order valence-electron chi connectivity index (χ3n) is 9.83. The van der Waals surface area contributed by atoms with Gasteiger partial charge in [-0.25, -0.2) is 0 Å². The Labute approximate surface area is 305 Å². The molecule has 0 saturated heterocycles. The number of para-hydroxylation sites is 3. The highest BCUT2D eigenvalue weighted by molar-refractivity contribution is 7.25. The van der Waals surface area contributed by atoms with E-state index in [1.54, 1.807) is 0 Å². The van der Waals surface area contributed by atoms with Gasteiger partial charge in [-0.05, 0) is 113 Å². The van der Waals surface area contributed by atoms with Crippen molar-refractivity contribution in [3.63, 3.8) is 0 Å². The Balaban J connectivity index is 1.06. The van der Waals surface area contributed by atoms with Crippen molar-refractivity contribution in [1.29, 1.82) is 0 Å². The van der Waals surface area contributed by atoms with E-state index in [2.05, 4.69) is 174 Å². The molecular formula is C48H32N2OS. The average molecular weight is 685 g/mol. The van der Waals surface area contributed by atoms with Crippen LogP contribution < -0.4 is 10.2 Å². The van der Waals surface area contributed by atoms with Crippen molar-refractivity contribution in [2.45, 2.75) is 0 Å². The molecule has 246 valence electrons. The average Bonchev–Trinajstić information content (AvgIpc) is 3.77. The number of nitrogens with one attached hydrogen (secondary N) is 1. The minimum absolute atomic E-state index is 0.881. The maximum absolute atomic E-state index is 6.50. The predicted molar refractivity (Wildman–Crippen MR) is 222 cm³/mol. The molecule has 10 rings (SSSR count). The summed E-state index contributed by atoms with van der Waals surface area (Å²) in [7, 11) is 0. The highest BCUT2D eigenvalue weighted by Crippen LogP contribution is 2.43. The Morgan fingerprint density at radius 3 is 1.83 bits per heavy atom. The number of anilines is 5. The third-order valence-corrected chi connectivity index (χ3v) is 11.0. The van der Waals surface area contributed by atoms with Crippen LogP contribution in [0.5, 0.6) is 0 Å². The molecule has 0 spiro atoms. The van der Waals surface area contributed by atoms with Gasteiger partial charge in [0, 0.05) is 59.4 Å². The number of hydrogen-bond acceptors (Lipinski definition) is 4. The molecule has 0 radical (unpaired) electrons. The number of benzene rings is 8. The van der Waals surface area contributed by atoms with Crippen LogP contribution >= 0.6 is 11.3 Å². The topological polar surface area (TPSA) is 28.4 Å². The van der Waals surface area contributed by atoms with E-state index in [1.807, 2.05) is 35.6 Å². The zero-order valence-electron chi connectivity index (χ0n) is 28.2. The van der Waals surface area contributed by atoms with E-state index in [4.69, 9.17) is 4.42 Å². The number of fused-ring (bicyclic) bond motifs is 6. The first-order valence-electron chi connectivity index (χ1n) is 17.5. The monoisotopic (exact) mass is 684 g/mol. The molecule has 2 heterocycles. The molecule has 0 aliphatic carbocycles. The van der Waals surface area contributed by atoms with E-state index in [0.29, 0.717) is 0 Å². The van der Waals surface area contributed by atoms with Gasteiger partial charge < -0.3 is 14.6 Å². The van der Waals surface area contributed by atoms with Crippen molar-refractivity contribution in [2.75, 3.05) is 10.2 Å².